The highest BCUT2D eigenvalue weighted by Crippen LogP contribution is 2.30. The number of nitriles is 1. The van der Waals surface area contributed by atoms with Crippen LogP contribution in [-0.4, -0.2) is 32.1 Å². The van der Waals surface area contributed by atoms with Gasteiger partial charge in [0.15, 0.2) is 14.5 Å². The van der Waals surface area contributed by atoms with E-state index in [0.717, 1.165) is 25.3 Å². The maximum Gasteiger partial charge on any atom is 0.175 e. The van der Waals surface area contributed by atoms with E-state index in [0.29, 0.717) is 24.3 Å². The summed E-state index contributed by atoms with van der Waals surface area (Å²) in [5.41, 5.74) is 1.70. The molecule has 8 heteroatoms. The van der Waals surface area contributed by atoms with Gasteiger partial charge in [0.25, 0.3) is 0 Å². The Balaban J connectivity index is 1.67. The van der Waals surface area contributed by atoms with Gasteiger partial charge < -0.3 is 4.57 Å². The number of carbonyl (C=O) groups is 1. The molecular weight excluding hydrogens is 396 g/mol. The number of aryl methyl sites for hydroxylation is 1. The number of aromatic nitrogens is 3. The van der Waals surface area contributed by atoms with Crippen LogP contribution in [0.15, 0.2) is 39.1 Å². The van der Waals surface area contributed by atoms with Crippen molar-refractivity contribution in [2.75, 3.05) is 11.5 Å². The van der Waals surface area contributed by atoms with E-state index in [1.165, 1.54) is 24.6 Å². The van der Waals surface area contributed by atoms with Crippen LogP contribution in [0.2, 0.25) is 0 Å². The number of carbonyl (C=O) groups excluding carboxylic acids is 1. The van der Waals surface area contributed by atoms with E-state index >= 15 is 0 Å². The van der Waals surface area contributed by atoms with E-state index < -0.39 is 0 Å². The topological polar surface area (TPSA) is 71.6 Å². The number of nitrogens with zero attached hydrogens (tertiary/aromatic N) is 4. The summed E-state index contributed by atoms with van der Waals surface area (Å²) in [6.07, 6.45) is 4.63. The van der Waals surface area contributed by atoms with Gasteiger partial charge in [-0.15, -0.1) is 10.2 Å². The molecule has 0 atom stereocenters. The largest absolute Gasteiger partial charge is 0.346 e. The zero-order chi connectivity index (χ0) is 19.1. The minimum atomic E-state index is 0.0716. The van der Waals surface area contributed by atoms with Crippen LogP contribution in [0.25, 0.3) is 10.9 Å². The van der Waals surface area contributed by atoms with E-state index in [-0.39, 0.29) is 5.78 Å². The van der Waals surface area contributed by atoms with Gasteiger partial charge in [0.05, 0.1) is 18.2 Å². The second kappa shape index (κ2) is 9.93. The zero-order valence-electron chi connectivity index (χ0n) is 15.1. The fourth-order valence-electron chi connectivity index (χ4n) is 2.65. The fourth-order valence-corrected chi connectivity index (χ4v) is 5.70. The average molecular weight is 417 g/mol. The molecular formula is C19H20N4OS3. The molecule has 0 spiro atoms. The molecule has 27 heavy (non-hydrogen) atoms. The first-order chi connectivity index (χ1) is 13.2. The number of para-hydroxylation sites is 1. The monoisotopic (exact) mass is 416 g/mol. The van der Waals surface area contributed by atoms with Crippen molar-refractivity contribution in [1.82, 2.24) is 14.8 Å². The Labute approximate surface area is 171 Å². The lowest BCUT2D eigenvalue weighted by Gasteiger charge is -2.00. The molecule has 2 heterocycles. The van der Waals surface area contributed by atoms with E-state index in [1.54, 1.807) is 23.1 Å². The summed E-state index contributed by atoms with van der Waals surface area (Å²) in [5, 5.41) is 18.2. The third-order valence-corrected chi connectivity index (χ3v) is 7.27. The molecule has 0 N–H and O–H groups in total. The number of hydrogen-bond donors (Lipinski definition) is 0. The van der Waals surface area contributed by atoms with Crippen LogP contribution in [-0.2, 0) is 6.54 Å². The number of unbranched alkanes of at least 4 members (excludes halogenated alkanes) is 1. The van der Waals surface area contributed by atoms with E-state index in [9.17, 15) is 4.79 Å². The highest BCUT2D eigenvalue weighted by Gasteiger charge is 2.16. The van der Waals surface area contributed by atoms with Gasteiger partial charge in [0, 0.05) is 35.0 Å². The molecule has 3 aromatic rings. The van der Waals surface area contributed by atoms with Gasteiger partial charge in [-0.2, -0.15) is 5.26 Å². The number of hydrogen-bond acceptors (Lipinski definition) is 7. The lowest BCUT2D eigenvalue weighted by molar-refractivity contribution is 0.102. The maximum absolute atomic E-state index is 12.8. The van der Waals surface area contributed by atoms with Gasteiger partial charge in [-0.3, -0.25) is 4.79 Å². The third kappa shape index (κ3) is 5.12. The average Bonchev–Trinajstić information content (AvgIpc) is 3.29. The van der Waals surface area contributed by atoms with Crippen LogP contribution >= 0.6 is 34.9 Å². The first kappa shape index (κ1) is 19.9. The molecule has 0 aliphatic heterocycles. The van der Waals surface area contributed by atoms with Crippen molar-refractivity contribution in [3.63, 3.8) is 0 Å². The van der Waals surface area contributed by atoms with Gasteiger partial charge in [-0.25, -0.2) is 0 Å². The molecule has 0 fully saturated rings. The summed E-state index contributed by atoms with van der Waals surface area (Å²) in [4.78, 5) is 12.8. The van der Waals surface area contributed by atoms with Crippen LogP contribution in [0.1, 0.15) is 36.5 Å². The number of Topliss-reactive ketones (excluding diaryl/α,β-unsaturated/α-hetero) is 1. The van der Waals surface area contributed by atoms with E-state index in [2.05, 4.69) is 23.2 Å². The normalized spacial score (nSPS) is 11.0. The molecule has 0 saturated carbocycles. The highest BCUT2D eigenvalue weighted by molar-refractivity contribution is 8.03. The second-order valence-electron chi connectivity index (χ2n) is 5.91. The van der Waals surface area contributed by atoms with Crippen molar-refractivity contribution in [2.45, 2.75) is 41.4 Å². The van der Waals surface area contributed by atoms with Crippen molar-refractivity contribution in [3.8, 4) is 6.07 Å². The van der Waals surface area contributed by atoms with Crippen LogP contribution < -0.4 is 0 Å². The van der Waals surface area contributed by atoms with Crippen LogP contribution in [0, 0.1) is 11.3 Å². The van der Waals surface area contributed by atoms with E-state index in [4.69, 9.17) is 5.26 Å². The number of thioether (sulfide) groups is 2. The summed E-state index contributed by atoms with van der Waals surface area (Å²) in [6.45, 7) is 2.76. The number of ketones is 1. The highest BCUT2D eigenvalue weighted by atomic mass is 32.2. The smallest absolute Gasteiger partial charge is 0.175 e. The molecule has 5 nitrogen and oxygen atoms in total. The van der Waals surface area contributed by atoms with Gasteiger partial charge in [-0.1, -0.05) is 66.4 Å². The molecule has 1 aromatic carbocycles. The molecule has 0 aliphatic rings. The Morgan fingerprint density at radius 2 is 2.04 bits per heavy atom. The Hall–Kier alpha value is -1.82. The minimum Gasteiger partial charge on any atom is -0.346 e. The van der Waals surface area contributed by atoms with Gasteiger partial charge >= 0.3 is 0 Å². The summed E-state index contributed by atoms with van der Waals surface area (Å²) >= 11 is 4.72. The van der Waals surface area contributed by atoms with Crippen molar-refractivity contribution >= 4 is 51.5 Å². The lowest BCUT2D eigenvalue weighted by Crippen LogP contribution is -2.02. The Kier molecular flexibility index (Phi) is 7.33. The maximum atomic E-state index is 12.8. The van der Waals surface area contributed by atoms with Gasteiger partial charge in [0.1, 0.15) is 0 Å². The van der Waals surface area contributed by atoms with E-state index in [1.807, 2.05) is 35.0 Å². The lowest BCUT2D eigenvalue weighted by atomic mass is 10.1. The van der Waals surface area contributed by atoms with Crippen LogP contribution in [0.5, 0.6) is 0 Å². The number of rotatable bonds is 10. The SMILES string of the molecule is CCCCSc1nnc(SCC(=O)c2cn(CCC#N)c3ccccc23)s1. The zero-order valence-corrected chi connectivity index (χ0v) is 17.5. The molecule has 3 rings (SSSR count). The van der Waals surface area contributed by atoms with Gasteiger partial charge in [-0.05, 0) is 12.5 Å². The Bertz CT molecular complexity index is 957. The molecule has 0 unspecified atom stereocenters. The van der Waals surface area contributed by atoms with Crippen molar-refractivity contribution < 1.29 is 4.79 Å². The standard InChI is InChI=1S/C19H20N4OS3/c1-2-3-11-25-18-21-22-19(27-18)26-13-17(24)15-12-23(10-6-9-20)16-8-5-4-7-14(15)16/h4-5,7-8,12H,2-3,6,10-11,13H2,1H3. The summed E-state index contributed by atoms with van der Waals surface area (Å²) in [5.74, 6) is 1.46. The molecule has 0 aliphatic carbocycles. The summed E-state index contributed by atoms with van der Waals surface area (Å²) in [7, 11) is 0. The minimum absolute atomic E-state index is 0.0716. The molecule has 0 amide bonds. The number of benzene rings is 1. The Morgan fingerprint density at radius 3 is 2.81 bits per heavy atom. The quantitative estimate of drug-likeness (QED) is 0.255. The molecule has 140 valence electrons. The predicted octanol–water partition coefficient (Wildman–Crippen LogP) is 5.27. The summed E-state index contributed by atoms with van der Waals surface area (Å²) in [6, 6.07) is 10.00. The molecule has 0 saturated heterocycles. The Morgan fingerprint density at radius 1 is 1.26 bits per heavy atom. The predicted molar refractivity (Wildman–Crippen MR) is 113 cm³/mol. The fraction of sp³-hybridized carbons (Fsp3) is 0.368. The van der Waals surface area contributed by atoms with Crippen LogP contribution in [0.4, 0.5) is 0 Å². The van der Waals surface area contributed by atoms with Crippen molar-refractivity contribution in [2.24, 2.45) is 0 Å². The van der Waals surface area contributed by atoms with Gasteiger partial charge in [0.2, 0.25) is 0 Å². The van der Waals surface area contributed by atoms with Crippen LogP contribution in [0.3, 0.4) is 0 Å². The van der Waals surface area contributed by atoms with Crippen molar-refractivity contribution in [1.29, 1.82) is 5.26 Å². The first-order valence-electron chi connectivity index (χ1n) is 8.80. The molecule has 0 radical (unpaired) electrons. The van der Waals surface area contributed by atoms with Crippen molar-refractivity contribution in [3.05, 3.63) is 36.0 Å². The summed E-state index contributed by atoms with van der Waals surface area (Å²) < 4.78 is 3.78. The first-order valence-corrected chi connectivity index (χ1v) is 11.6. The third-order valence-electron chi connectivity index (χ3n) is 3.99. The molecule has 2 aromatic heterocycles. The molecule has 0 bridgehead atoms. The second-order valence-corrected chi connectivity index (χ2v) is 9.45. The number of fused-ring (bicyclic) bond motifs is 1.